The van der Waals surface area contributed by atoms with Gasteiger partial charge in [-0.25, -0.2) is 19.0 Å². The molecule has 1 amide bonds. The first-order chi connectivity index (χ1) is 13.9. The number of para-hydroxylation sites is 1. The summed E-state index contributed by atoms with van der Waals surface area (Å²) in [5.74, 6) is 1.13. The largest absolute Gasteiger partial charge is 0.481 e. The number of aryl methyl sites for hydroxylation is 3. The lowest BCUT2D eigenvalue weighted by Gasteiger charge is -2.11. The average Bonchev–Trinajstić information content (AvgIpc) is 3.02. The molecule has 2 aromatic heterocycles. The summed E-state index contributed by atoms with van der Waals surface area (Å²) in [7, 11) is 0. The van der Waals surface area contributed by atoms with Crippen LogP contribution in [0.3, 0.4) is 0 Å². The van der Waals surface area contributed by atoms with Crippen molar-refractivity contribution >= 4 is 11.7 Å². The highest BCUT2D eigenvalue weighted by Gasteiger charge is 2.09. The SMILES string of the molecule is Cc1cc(C)n(-c2cc(NCCNC(=O)COc3ccccc3F)nc(C)n2)n1. The van der Waals surface area contributed by atoms with Gasteiger partial charge in [-0.2, -0.15) is 5.10 Å². The molecule has 0 spiro atoms. The van der Waals surface area contributed by atoms with Crippen molar-refractivity contribution in [1.29, 1.82) is 0 Å². The number of benzene rings is 1. The maximum absolute atomic E-state index is 13.5. The third-order valence-corrected chi connectivity index (χ3v) is 4.00. The second kappa shape index (κ2) is 9.13. The van der Waals surface area contributed by atoms with Crippen LogP contribution in [-0.2, 0) is 4.79 Å². The van der Waals surface area contributed by atoms with Crippen LogP contribution < -0.4 is 15.4 Å². The quantitative estimate of drug-likeness (QED) is 0.566. The Kier molecular flexibility index (Phi) is 6.38. The number of hydrogen-bond acceptors (Lipinski definition) is 6. The lowest BCUT2D eigenvalue weighted by Crippen LogP contribution is -2.32. The zero-order chi connectivity index (χ0) is 20.8. The first kappa shape index (κ1) is 20.2. The summed E-state index contributed by atoms with van der Waals surface area (Å²) in [6, 6.07) is 9.73. The van der Waals surface area contributed by atoms with Crippen LogP contribution in [0.25, 0.3) is 5.82 Å². The van der Waals surface area contributed by atoms with E-state index in [2.05, 4.69) is 25.7 Å². The Morgan fingerprint density at radius 2 is 1.93 bits per heavy atom. The van der Waals surface area contributed by atoms with Gasteiger partial charge in [-0.15, -0.1) is 0 Å². The first-order valence-corrected chi connectivity index (χ1v) is 9.19. The highest BCUT2D eigenvalue weighted by molar-refractivity contribution is 5.77. The standard InChI is InChI=1S/C20H23FN6O2/c1-13-10-14(2)27(26-13)19-11-18(24-15(3)25-19)22-8-9-23-20(28)12-29-17-7-5-4-6-16(17)21/h4-7,10-11H,8-9,12H2,1-3H3,(H,23,28)(H,22,24,25). The molecule has 8 nitrogen and oxygen atoms in total. The molecule has 0 saturated heterocycles. The molecule has 2 N–H and O–H groups in total. The number of nitrogens with zero attached hydrogens (tertiary/aromatic N) is 4. The second-order valence-electron chi connectivity index (χ2n) is 6.49. The number of anilines is 1. The van der Waals surface area contributed by atoms with E-state index in [1.165, 1.54) is 12.1 Å². The van der Waals surface area contributed by atoms with Gasteiger partial charge >= 0.3 is 0 Å². The Bertz CT molecular complexity index is 1000. The van der Waals surface area contributed by atoms with Crippen LogP contribution in [0.2, 0.25) is 0 Å². The molecular weight excluding hydrogens is 375 g/mol. The highest BCUT2D eigenvalue weighted by atomic mass is 19.1. The van der Waals surface area contributed by atoms with Crippen LogP contribution in [0.4, 0.5) is 10.2 Å². The van der Waals surface area contributed by atoms with Gasteiger partial charge < -0.3 is 15.4 Å². The van der Waals surface area contributed by atoms with Crippen molar-refractivity contribution in [2.75, 3.05) is 25.0 Å². The minimum atomic E-state index is -0.500. The van der Waals surface area contributed by atoms with Crippen molar-refractivity contribution in [2.24, 2.45) is 0 Å². The van der Waals surface area contributed by atoms with Crippen molar-refractivity contribution in [1.82, 2.24) is 25.1 Å². The predicted octanol–water partition coefficient (Wildman–Crippen LogP) is 2.33. The number of carbonyl (C=O) groups is 1. The van der Waals surface area contributed by atoms with E-state index in [0.29, 0.717) is 30.5 Å². The van der Waals surface area contributed by atoms with Gasteiger partial charge in [-0.1, -0.05) is 12.1 Å². The number of ether oxygens (including phenoxy) is 1. The minimum absolute atomic E-state index is 0.0499. The van der Waals surface area contributed by atoms with E-state index >= 15 is 0 Å². The molecule has 3 rings (SSSR count). The Labute approximate surface area is 168 Å². The van der Waals surface area contributed by atoms with Crippen LogP contribution in [-0.4, -0.2) is 45.4 Å². The van der Waals surface area contributed by atoms with E-state index < -0.39 is 5.82 Å². The van der Waals surface area contributed by atoms with Gasteiger partial charge in [0.2, 0.25) is 0 Å². The summed E-state index contributed by atoms with van der Waals surface area (Å²) in [5, 5.41) is 10.3. The lowest BCUT2D eigenvalue weighted by molar-refractivity contribution is -0.123. The monoisotopic (exact) mass is 398 g/mol. The van der Waals surface area contributed by atoms with Gasteiger partial charge in [0.05, 0.1) is 5.69 Å². The number of amides is 1. The summed E-state index contributed by atoms with van der Waals surface area (Å²) in [6.07, 6.45) is 0. The molecule has 0 aliphatic carbocycles. The molecule has 1 aromatic carbocycles. The molecule has 29 heavy (non-hydrogen) atoms. The van der Waals surface area contributed by atoms with E-state index in [0.717, 1.165) is 11.4 Å². The van der Waals surface area contributed by atoms with Crippen molar-refractivity contribution in [2.45, 2.75) is 20.8 Å². The van der Waals surface area contributed by atoms with E-state index in [9.17, 15) is 9.18 Å². The van der Waals surface area contributed by atoms with Crippen molar-refractivity contribution in [3.63, 3.8) is 0 Å². The van der Waals surface area contributed by atoms with Gasteiger partial charge in [0.15, 0.2) is 24.0 Å². The van der Waals surface area contributed by atoms with Crippen molar-refractivity contribution in [3.8, 4) is 11.6 Å². The van der Waals surface area contributed by atoms with E-state index in [-0.39, 0.29) is 18.3 Å². The number of hydrogen-bond donors (Lipinski definition) is 2. The third-order valence-electron chi connectivity index (χ3n) is 4.00. The molecule has 0 saturated carbocycles. The maximum atomic E-state index is 13.5. The Hall–Kier alpha value is -3.49. The first-order valence-electron chi connectivity index (χ1n) is 9.19. The number of halogens is 1. The Balaban J connectivity index is 1.48. The van der Waals surface area contributed by atoms with Gasteiger partial charge in [-0.05, 0) is 39.0 Å². The van der Waals surface area contributed by atoms with E-state index in [4.69, 9.17) is 4.74 Å². The predicted molar refractivity (Wildman–Crippen MR) is 107 cm³/mol. The van der Waals surface area contributed by atoms with Crippen molar-refractivity contribution in [3.05, 3.63) is 59.4 Å². The molecule has 0 aliphatic rings. The fourth-order valence-corrected chi connectivity index (χ4v) is 2.76. The van der Waals surface area contributed by atoms with Gasteiger partial charge in [0.1, 0.15) is 11.6 Å². The molecule has 2 heterocycles. The topological polar surface area (TPSA) is 94.0 Å². The van der Waals surface area contributed by atoms with Crippen LogP contribution in [0.1, 0.15) is 17.2 Å². The van der Waals surface area contributed by atoms with E-state index in [1.54, 1.807) is 22.9 Å². The van der Waals surface area contributed by atoms with Gasteiger partial charge in [0, 0.05) is 24.8 Å². The molecule has 0 fully saturated rings. The van der Waals surface area contributed by atoms with Crippen LogP contribution in [0, 0.1) is 26.6 Å². The van der Waals surface area contributed by atoms with Gasteiger partial charge in [0.25, 0.3) is 5.91 Å². The molecule has 9 heteroatoms. The molecule has 0 aliphatic heterocycles. The Morgan fingerprint density at radius 3 is 2.66 bits per heavy atom. The fraction of sp³-hybridized carbons (Fsp3) is 0.300. The third kappa shape index (κ3) is 5.50. The molecule has 0 radical (unpaired) electrons. The molecule has 0 unspecified atom stereocenters. The molecule has 152 valence electrons. The van der Waals surface area contributed by atoms with Crippen LogP contribution in [0.5, 0.6) is 5.75 Å². The minimum Gasteiger partial charge on any atom is -0.481 e. The summed E-state index contributed by atoms with van der Waals surface area (Å²) >= 11 is 0. The van der Waals surface area contributed by atoms with E-state index in [1.807, 2.05) is 26.8 Å². The fourth-order valence-electron chi connectivity index (χ4n) is 2.76. The second-order valence-corrected chi connectivity index (χ2v) is 6.49. The highest BCUT2D eigenvalue weighted by Crippen LogP contribution is 2.15. The zero-order valence-electron chi connectivity index (χ0n) is 16.6. The summed E-state index contributed by atoms with van der Waals surface area (Å²) in [6.45, 7) is 6.26. The van der Waals surface area contributed by atoms with Crippen molar-refractivity contribution < 1.29 is 13.9 Å². The molecule has 0 atom stereocenters. The number of carbonyl (C=O) groups excluding carboxylic acids is 1. The summed E-state index contributed by atoms with van der Waals surface area (Å²) in [4.78, 5) is 20.6. The summed E-state index contributed by atoms with van der Waals surface area (Å²) in [5.41, 5.74) is 1.89. The van der Waals surface area contributed by atoms with Gasteiger partial charge in [-0.3, -0.25) is 4.79 Å². The normalized spacial score (nSPS) is 10.6. The lowest BCUT2D eigenvalue weighted by atomic mass is 10.3. The molecular formula is C20H23FN6O2. The smallest absolute Gasteiger partial charge is 0.258 e. The summed E-state index contributed by atoms with van der Waals surface area (Å²) < 4.78 is 20.4. The number of rotatable bonds is 8. The van der Waals surface area contributed by atoms with Crippen LogP contribution >= 0.6 is 0 Å². The maximum Gasteiger partial charge on any atom is 0.258 e. The van der Waals surface area contributed by atoms with Crippen LogP contribution in [0.15, 0.2) is 36.4 Å². The number of aromatic nitrogens is 4. The molecule has 3 aromatic rings. The number of nitrogens with one attached hydrogen (secondary N) is 2. The zero-order valence-corrected chi connectivity index (χ0v) is 16.6. The molecule has 0 bridgehead atoms. The average molecular weight is 398 g/mol. The Morgan fingerprint density at radius 1 is 1.14 bits per heavy atom.